The third-order valence-corrected chi connectivity index (χ3v) is 7.10. The SMILES string of the molecule is CCN1CC2(CCC(N3CCN=C/C(C)=C\C(c4cccc(C)c4)=C\NCC3)C2)C1. The van der Waals surface area contributed by atoms with Crippen LogP contribution in [-0.4, -0.2) is 67.9 Å². The molecule has 0 radical (unpaired) electrons. The molecular formula is C26H38N4. The van der Waals surface area contributed by atoms with Crippen LogP contribution >= 0.6 is 0 Å². The first kappa shape index (κ1) is 21.3. The molecule has 1 aromatic rings. The second-order valence-corrected chi connectivity index (χ2v) is 9.58. The van der Waals surface area contributed by atoms with E-state index >= 15 is 0 Å². The van der Waals surface area contributed by atoms with Crippen molar-refractivity contribution in [2.75, 3.05) is 45.8 Å². The first-order chi connectivity index (χ1) is 14.6. The van der Waals surface area contributed by atoms with Gasteiger partial charge in [0.05, 0.1) is 6.54 Å². The Morgan fingerprint density at radius 1 is 1.20 bits per heavy atom. The molecule has 2 fully saturated rings. The summed E-state index contributed by atoms with van der Waals surface area (Å²) < 4.78 is 0. The maximum absolute atomic E-state index is 4.76. The number of aliphatic imine (C=N–C) groups is 1. The Kier molecular flexibility index (Phi) is 6.74. The van der Waals surface area contributed by atoms with Crippen molar-refractivity contribution in [1.29, 1.82) is 0 Å². The summed E-state index contributed by atoms with van der Waals surface area (Å²) in [6, 6.07) is 9.45. The molecule has 4 nitrogen and oxygen atoms in total. The maximum atomic E-state index is 4.76. The topological polar surface area (TPSA) is 30.9 Å². The predicted molar refractivity (Wildman–Crippen MR) is 128 cm³/mol. The van der Waals surface area contributed by atoms with Crippen LogP contribution in [0.2, 0.25) is 0 Å². The number of rotatable bonds is 3. The second kappa shape index (κ2) is 9.49. The molecule has 1 aliphatic carbocycles. The lowest BCUT2D eigenvalue weighted by Crippen LogP contribution is -2.55. The fourth-order valence-electron chi connectivity index (χ4n) is 5.48. The zero-order valence-corrected chi connectivity index (χ0v) is 19.0. The molecule has 0 amide bonds. The van der Waals surface area contributed by atoms with Crippen molar-refractivity contribution in [2.24, 2.45) is 10.4 Å². The number of hydrogen-bond acceptors (Lipinski definition) is 4. The molecule has 1 aromatic carbocycles. The number of allylic oxidation sites excluding steroid dienone is 3. The lowest BCUT2D eigenvalue weighted by Gasteiger charge is -2.48. The van der Waals surface area contributed by atoms with E-state index in [-0.39, 0.29) is 0 Å². The summed E-state index contributed by atoms with van der Waals surface area (Å²) >= 11 is 0. The number of benzene rings is 1. The average molecular weight is 407 g/mol. The molecule has 1 atom stereocenters. The van der Waals surface area contributed by atoms with Crippen LogP contribution in [0, 0.1) is 12.3 Å². The van der Waals surface area contributed by atoms with Crippen molar-refractivity contribution >= 4 is 11.8 Å². The quantitative estimate of drug-likeness (QED) is 0.819. The summed E-state index contributed by atoms with van der Waals surface area (Å²) in [5.74, 6) is 0. The Morgan fingerprint density at radius 2 is 2.07 bits per heavy atom. The van der Waals surface area contributed by atoms with E-state index in [0.29, 0.717) is 5.41 Å². The lowest BCUT2D eigenvalue weighted by molar-refractivity contribution is 0.00413. The zero-order valence-electron chi connectivity index (χ0n) is 19.0. The third kappa shape index (κ3) is 5.04. The molecule has 30 heavy (non-hydrogen) atoms. The summed E-state index contributed by atoms with van der Waals surface area (Å²) in [6.07, 6.45) is 10.6. The molecule has 1 saturated heterocycles. The average Bonchev–Trinajstić information content (AvgIpc) is 3.15. The van der Waals surface area contributed by atoms with Gasteiger partial charge in [-0.15, -0.1) is 0 Å². The summed E-state index contributed by atoms with van der Waals surface area (Å²) in [6.45, 7) is 14.5. The van der Waals surface area contributed by atoms with Gasteiger partial charge in [0.2, 0.25) is 0 Å². The van der Waals surface area contributed by atoms with E-state index in [4.69, 9.17) is 4.99 Å². The highest BCUT2D eigenvalue weighted by Gasteiger charge is 2.48. The molecule has 1 saturated carbocycles. The fraction of sp³-hybridized carbons (Fsp3) is 0.577. The van der Waals surface area contributed by atoms with Crippen LogP contribution < -0.4 is 5.32 Å². The van der Waals surface area contributed by atoms with Crippen LogP contribution in [0.5, 0.6) is 0 Å². The van der Waals surface area contributed by atoms with Crippen LogP contribution in [0.1, 0.15) is 44.2 Å². The van der Waals surface area contributed by atoms with Crippen molar-refractivity contribution in [3.8, 4) is 0 Å². The number of hydrogen-bond donors (Lipinski definition) is 1. The van der Waals surface area contributed by atoms with Gasteiger partial charge in [0.25, 0.3) is 0 Å². The summed E-state index contributed by atoms with van der Waals surface area (Å²) in [5, 5.41) is 3.61. The standard InChI is InChI=1S/C26H38N4/c1-4-29-19-26(20-29)9-8-25(16-26)30-12-10-27-17-22(3)15-24(18-28-11-13-30)23-7-5-6-21(2)14-23/h5-7,14-15,17-18,25,28H,4,8-13,16,19-20H2,1-3H3/b22-15-,24-18-,27-17?. The first-order valence-electron chi connectivity index (χ1n) is 11.7. The molecule has 4 rings (SSSR count). The van der Waals surface area contributed by atoms with Crippen molar-refractivity contribution < 1.29 is 0 Å². The molecule has 162 valence electrons. The van der Waals surface area contributed by atoms with Crippen LogP contribution in [0.3, 0.4) is 0 Å². The van der Waals surface area contributed by atoms with Gasteiger partial charge in [-0.3, -0.25) is 9.89 Å². The van der Waals surface area contributed by atoms with Crippen molar-refractivity contribution in [2.45, 2.75) is 46.1 Å². The third-order valence-electron chi connectivity index (χ3n) is 7.10. The van der Waals surface area contributed by atoms with E-state index in [1.807, 2.05) is 6.21 Å². The monoisotopic (exact) mass is 406 g/mol. The van der Waals surface area contributed by atoms with Gasteiger partial charge < -0.3 is 10.2 Å². The van der Waals surface area contributed by atoms with Gasteiger partial charge in [-0.1, -0.05) is 36.8 Å². The molecule has 1 unspecified atom stereocenters. The number of aryl methyl sites for hydroxylation is 1. The molecular weight excluding hydrogens is 368 g/mol. The maximum Gasteiger partial charge on any atom is 0.0516 e. The Morgan fingerprint density at radius 3 is 2.87 bits per heavy atom. The largest absolute Gasteiger partial charge is 0.389 e. The van der Waals surface area contributed by atoms with Gasteiger partial charge in [-0.2, -0.15) is 0 Å². The van der Waals surface area contributed by atoms with E-state index < -0.39 is 0 Å². The fourth-order valence-corrected chi connectivity index (χ4v) is 5.48. The van der Waals surface area contributed by atoms with Crippen LogP contribution in [0.15, 0.2) is 47.1 Å². The Bertz CT molecular complexity index is 816. The van der Waals surface area contributed by atoms with E-state index in [0.717, 1.165) is 32.2 Å². The molecule has 3 aliphatic rings. The van der Waals surface area contributed by atoms with Crippen LogP contribution in [0.4, 0.5) is 0 Å². The normalized spacial score (nSPS) is 29.1. The highest BCUT2D eigenvalue weighted by atomic mass is 15.2. The Hall–Kier alpha value is -1.91. The van der Waals surface area contributed by atoms with Crippen molar-refractivity contribution in [1.82, 2.24) is 15.1 Å². The number of likely N-dealkylation sites (tertiary alicyclic amines) is 1. The molecule has 4 heteroatoms. The van der Waals surface area contributed by atoms with E-state index in [1.54, 1.807) is 0 Å². The first-order valence-corrected chi connectivity index (χ1v) is 11.7. The van der Waals surface area contributed by atoms with Crippen molar-refractivity contribution in [3.05, 3.63) is 53.2 Å². The van der Waals surface area contributed by atoms with Crippen molar-refractivity contribution in [3.63, 3.8) is 0 Å². The van der Waals surface area contributed by atoms with Gasteiger partial charge in [0.1, 0.15) is 0 Å². The van der Waals surface area contributed by atoms with E-state index in [9.17, 15) is 0 Å². The number of nitrogens with zero attached hydrogens (tertiary/aromatic N) is 3. The summed E-state index contributed by atoms with van der Waals surface area (Å²) in [5.41, 5.74) is 5.58. The second-order valence-electron chi connectivity index (χ2n) is 9.58. The van der Waals surface area contributed by atoms with Gasteiger partial charge in [-0.05, 0) is 67.9 Å². The minimum absolute atomic E-state index is 0.610. The highest BCUT2D eigenvalue weighted by molar-refractivity contribution is 5.85. The van der Waals surface area contributed by atoms with Crippen LogP contribution in [-0.2, 0) is 0 Å². The predicted octanol–water partition coefficient (Wildman–Crippen LogP) is 4.13. The molecule has 2 heterocycles. The molecule has 1 N–H and O–H groups in total. The van der Waals surface area contributed by atoms with Gasteiger partial charge in [0, 0.05) is 51.2 Å². The van der Waals surface area contributed by atoms with Gasteiger partial charge >= 0.3 is 0 Å². The highest BCUT2D eigenvalue weighted by Crippen LogP contribution is 2.46. The Labute approximate surface area is 182 Å². The molecule has 2 aliphatic heterocycles. The minimum Gasteiger partial charge on any atom is -0.389 e. The lowest BCUT2D eigenvalue weighted by atomic mass is 9.78. The van der Waals surface area contributed by atoms with E-state index in [1.165, 1.54) is 61.2 Å². The molecule has 0 bridgehead atoms. The van der Waals surface area contributed by atoms with Gasteiger partial charge in [-0.25, -0.2) is 0 Å². The molecule has 1 spiro atoms. The van der Waals surface area contributed by atoms with Crippen LogP contribution in [0.25, 0.3) is 5.57 Å². The number of nitrogens with one attached hydrogen (secondary N) is 1. The molecule has 0 aromatic heterocycles. The zero-order chi connectivity index (χ0) is 21.0. The minimum atomic E-state index is 0.610. The van der Waals surface area contributed by atoms with E-state index in [2.05, 4.69) is 72.4 Å². The summed E-state index contributed by atoms with van der Waals surface area (Å²) in [4.78, 5) is 10.1. The smallest absolute Gasteiger partial charge is 0.0516 e. The van der Waals surface area contributed by atoms with Gasteiger partial charge in [0.15, 0.2) is 0 Å². The summed E-state index contributed by atoms with van der Waals surface area (Å²) in [7, 11) is 0. The Balaban J connectivity index is 1.43.